The van der Waals surface area contributed by atoms with Crippen LogP contribution in [0.5, 0.6) is 0 Å². The minimum absolute atomic E-state index is 0.0297. The second-order valence-corrected chi connectivity index (χ2v) is 10.5. The number of alkyl halides is 1. The van der Waals surface area contributed by atoms with E-state index in [0.717, 1.165) is 0 Å². The van der Waals surface area contributed by atoms with Crippen LogP contribution in [0.2, 0.25) is 0 Å². The maximum Gasteiger partial charge on any atom is 0.323 e. The van der Waals surface area contributed by atoms with Gasteiger partial charge in [0.25, 0.3) is 5.79 Å². The van der Waals surface area contributed by atoms with Crippen LogP contribution in [0.25, 0.3) is 0 Å². The molecule has 0 amide bonds. The summed E-state index contributed by atoms with van der Waals surface area (Å²) in [5.41, 5.74) is -1.73. The third-order valence-electron chi connectivity index (χ3n) is 4.58. The van der Waals surface area contributed by atoms with E-state index in [9.17, 15) is 22.9 Å². The Hall–Kier alpha value is -1.71. The highest BCUT2D eigenvalue weighted by Gasteiger charge is 2.47. The molecule has 1 aromatic carbocycles. The van der Waals surface area contributed by atoms with Gasteiger partial charge in [0.05, 0.1) is 0 Å². The number of benzene rings is 1. The minimum atomic E-state index is -1.74. The van der Waals surface area contributed by atoms with Crippen LogP contribution >= 0.6 is 0 Å². The van der Waals surface area contributed by atoms with Crippen molar-refractivity contribution in [1.29, 1.82) is 0 Å². The number of rotatable bonds is 7. The molecule has 1 fully saturated rings. The molecular weight excluding hydrogens is 404 g/mol. The van der Waals surface area contributed by atoms with Crippen LogP contribution in [0.3, 0.4) is 0 Å². The summed E-state index contributed by atoms with van der Waals surface area (Å²) >= 11 is -1.74. The van der Waals surface area contributed by atoms with Crippen LogP contribution in [0.15, 0.2) is 24.3 Å². The Bertz CT molecular complexity index is 747. The van der Waals surface area contributed by atoms with Crippen molar-refractivity contribution < 1.29 is 32.4 Å². The molecule has 0 spiro atoms. The van der Waals surface area contributed by atoms with E-state index in [2.05, 4.69) is 4.72 Å². The second kappa shape index (κ2) is 8.57. The van der Waals surface area contributed by atoms with Gasteiger partial charge in [0.2, 0.25) is 0 Å². The predicted molar refractivity (Wildman–Crippen MR) is 104 cm³/mol. The van der Waals surface area contributed by atoms with Gasteiger partial charge in [-0.3, -0.25) is 9.59 Å². The fourth-order valence-electron chi connectivity index (χ4n) is 2.96. The van der Waals surface area contributed by atoms with Crippen molar-refractivity contribution in [2.24, 2.45) is 5.92 Å². The normalized spacial score (nSPS) is 20.6. The average Bonchev–Trinajstić information content (AvgIpc) is 2.58. The molecule has 0 saturated carbocycles. The summed E-state index contributed by atoms with van der Waals surface area (Å²) in [5.74, 6) is -4.91. The first kappa shape index (κ1) is 23.6. The lowest BCUT2D eigenvalue weighted by atomic mass is 9.84. The van der Waals surface area contributed by atoms with E-state index in [1.807, 2.05) is 0 Å². The first-order valence-corrected chi connectivity index (χ1v) is 10.4. The highest BCUT2D eigenvalue weighted by atomic mass is 32.2. The molecule has 1 heterocycles. The van der Waals surface area contributed by atoms with Crippen LogP contribution < -0.4 is 4.72 Å². The summed E-state index contributed by atoms with van der Waals surface area (Å²) in [6, 6.07) is 5.56. The van der Waals surface area contributed by atoms with Crippen LogP contribution in [0.1, 0.15) is 53.0 Å². The molecule has 2 unspecified atom stereocenters. The van der Waals surface area contributed by atoms with Crippen molar-refractivity contribution in [3.8, 4) is 0 Å². The third kappa shape index (κ3) is 5.46. The molecule has 0 aliphatic carbocycles. The van der Waals surface area contributed by atoms with Crippen molar-refractivity contribution in [3.05, 3.63) is 35.6 Å². The van der Waals surface area contributed by atoms with Crippen molar-refractivity contribution in [2.75, 3.05) is 6.67 Å². The lowest BCUT2D eigenvalue weighted by Gasteiger charge is -2.38. The molecule has 9 heteroatoms. The lowest BCUT2D eigenvalue weighted by Crippen LogP contribution is -2.54. The Balaban J connectivity index is 2.34. The summed E-state index contributed by atoms with van der Waals surface area (Å²) in [7, 11) is 0. The molecule has 0 aromatic heterocycles. The van der Waals surface area contributed by atoms with Gasteiger partial charge in [0.15, 0.2) is 5.92 Å². The van der Waals surface area contributed by atoms with E-state index >= 15 is 0 Å². The van der Waals surface area contributed by atoms with Crippen LogP contribution in [0.4, 0.5) is 8.78 Å². The van der Waals surface area contributed by atoms with Gasteiger partial charge in [-0.05, 0) is 39.7 Å². The monoisotopic (exact) mass is 431 g/mol. The Morgan fingerprint density at radius 2 is 1.72 bits per heavy atom. The number of ether oxygens (including phenoxy) is 2. The summed E-state index contributed by atoms with van der Waals surface area (Å²) in [6.07, 6.45) is -0.345. The first-order chi connectivity index (χ1) is 13.3. The Labute approximate surface area is 172 Å². The third-order valence-corrected chi connectivity index (χ3v) is 6.27. The largest absolute Gasteiger partial charge is 0.598 e. The summed E-state index contributed by atoms with van der Waals surface area (Å²) in [6.45, 7) is 6.84. The number of hydrogen-bond donors (Lipinski definition) is 1. The second-order valence-electron chi connectivity index (χ2n) is 8.51. The molecule has 1 aromatic rings. The number of halogens is 2. The molecule has 0 bridgehead atoms. The molecule has 2 rings (SSSR count). The van der Waals surface area contributed by atoms with Gasteiger partial charge >= 0.3 is 11.9 Å². The van der Waals surface area contributed by atoms with Gasteiger partial charge in [-0.1, -0.05) is 18.2 Å². The lowest BCUT2D eigenvalue weighted by molar-refractivity contribution is -0.240. The maximum absolute atomic E-state index is 14.6. The van der Waals surface area contributed by atoms with E-state index in [4.69, 9.17) is 9.47 Å². The molecule has 0 radical (unpaired) electrons. The van der Waals surface area contributed by atoms with E-state index in [1.54, 1.807) is 20.8 Å². The van der Waals surface area contributed by atoms with Gasteiger partial charge in [0, 0.05) is 30.8 Å². The number of carbonyl (C=O) groups is 2. The molecule has 1 saturated heterocycles. The Kier molecular flexibility index (Phi) is 6.97. The molecule has 1 aliphatic heterocycles. The average molecular weight is 432 g/mol. The molecule has 29 heavy (non-hydrogen) atoms. The van der Waals surface area contributed by atoms with Gasteiger partial charge < -0.3 is 14.0 Å². The Morgan fingerprint density at radius 3 is 2.21 bits per heavy atom. The standard InChI is InChI=1S/C20H27F2NO5S/c1-18(2,3)29(26)23-20(12-21,14-8-6-7-9-15(14)22)11-10-13-16(24)27-19(4,5)28-17(13)25/h6-9,13,23H,10-12H2,1-5H3. The van der Waals surface area contributed by atoms with Crippen molar-refractivity contribution in [3.63, 3.8) is 0 Å². The van der Waals surface area contributed by atoms with Gasteiger partial charge in [-0.25, -0.2) is 8.78 Å². The van der Waals surface area contributed by atoms with Gasteiger partial charge in [-0.2, -0.15) is 0 Å². The fraction of sp³-hybridized carbons (Fsp3) is 0.600. The van der Waals surface area contributed by atoms with Gasteiger partial charge in [-0.15, -0.1) is 4.72 Å². The highest BCUT2D eigenvalue weighted by Crippen LogP contribution is 2.35. The van der Waals surface area contributed by atoms with Crippen LogP contribution in [0, 0.1) is 11.7 Å². The molecule has 2 atom stereocenters. The Morgan fingerprint density at radius 1 is 1.17 bits per heavy atom. The smallest absolute Gasteiger partial charge is 0.323 e. The maximum atomic E-state index is 14.6. The molecule has 6 nitrogen and oxygen atoms in total. The molecule has 1 N–H and O–H groups in total. The fourth-order valence-corrected chi connectivity index (χ4v) is 3.88. The number of nitrogens with one attached hydrogen (secondary N) is 1. The first-order valence-electron chi connectivity index (χ1n) is 9.28. The molecular formula is C20H27F2NO5S. The number of hydrogen-bond acceptors (Lipinski definition) is 6. The quantitative estimate of drug-likeness (QED) is 0.405. The minimum Gasteiger partial charge on any atom is -0.598 e. The number of carbonyl (C=O) groups excluding carboxylic acids is 2. The number of cyclic esters (lactones) is 2. The molecule has 162 valence electrons. The van der Waals surface area contributed by atoms with E-state index in [0.29, 0.717) is 0 Å². The number of esters is 2. The summed E-state index contributed by atoms with van der Waals surface area (Å²) in [4.78, 5) is 24.5. The SMILES string of the molecule is CC1(C)OC(=O)C(CCC(CF)(N[S+]([O-])C(C)(C)C)c2ccccc2F)C(=O)O1. The zero-order valence-corrected chi connectivity index (χ0v) is 18.0. The highest BCUT2D eigenvalue weighted by molar-refractivity contribution is 7.90. The van der Waals surface area contributed by atoms with Crippen molar-refractivity contribution in [1.82, 2.24) is 4.72 Å². The van der Waals surface area contributed by atoms with E-state index in [1.165, 1.54) is 38.1 Å². The zero-order valence-electron chi connectivity index (χ0n) is 17.2. The van der Waals surface area contributed by atoms with Crippen molar-refractivity contribution in [2.45, 2.75) is 63.5 Å². The van der Waals surface area contributed by atoms with Crippen LogP contribution in [-0.2, 0) is 36.0 Å². The van der Waals surface area contributed by atoms with Crippen LogP contribution in [-0.4, -0.2) is 33.7 Å². The molecule has 1 aliphatic rings. The predicted octanol–water partition coefficient (Wildman–Crippen LogP) is 3.27. The van der Waals surface area contributed by atoms with Gasteiger partial charge in [0.1, 0.15) is 22.8 Å². The zero-order chi connectivity index (χ0) is 22.0. The summed E-state index contributed by atoms with van der Waals surface area (Å²) < 4.78 is 53.8. The van der Waals surface area contributed by atoms with E-state index < -0.39 is 57.8 Å². The van der Waals surface area contributed by atoms with E-state index in [-0.39, 0.29) is 18.4 Å². The summed E-state index contributed by atoms with van der Waals surface area (Å²) in [5, 5.41) is 0. The topological polar surface area (TPSA) is 87.7 Å². The van der Waals surface area contributed by atoms with Crippen molar-refractivity contribution >= 4 is 23.3 Å².